The molecule has 1 aromatic carbocycles. The Morgan fingerprint density at radius 2 is 1.92 bits per heavy atom. The van der Waals surface area contributed by atoms with Gasteiger partial charge in [0.05, 0.1) is 12.7 Å². The normalized spacial score (nSPS) is 24.9. The van der Waals surface area contributed by atoms with Gasteiger partial charge in [0.15, 0.2) is 0 Å². The molecule has 1 fully saturated rings. The van der Waals surface area contributed by atoms with Crippen molar-refractivity contribution in [3.63, 3.8) is 0 Å². The summed E-state index contributed by atoms with van der Waals surface area (Å²) < 4.78 is 10.6. The zero-order chi connectivity index (χ0) is 18.0. The van der Waals surface area contributed by atoms with E-state index in [1.54, 1.807) is 31.4 Å². The number of carboxylic acids is 1. The minimum Gasteiger partial charge on any atom is -0.479 e. The second-order valence-electron chi connectivity index (χ2n) is 6.66. The van der Waals surface area contributed by atoms with E-state index in [4.69, 9.17) is 9.47 Å². The molecule has 1 aliphatic rings. The first-order valence-corrected chi connectivity index (χ1v) is 8.04. The Morgan fingerprint density at radius 3 is 2.38 bits per heavy atom. The van der Waals surface area contributed by atoms with Gasteiger partial charge in [-0.1, -0.05) is 26.0 Å². The van der Waals surface area contributed by atoms with Crippen LogP contribution in [0.3, 0.4) is 0 Å². The molecule has 6 nitrogen and oxygen atoms in total. The number of carboxylic acid groups (broad SMARTS) is 1. The summed E-state index contributed by atoms with van der Waals surface area (Å²) in [7, 11) is 1.60. The molecular formula is C18H25NO5. The highest BCUT2D eigenvalue weighted by atomic mass is 16.5. The van der Waals surface area contributed by atoms with Crippen LogP contribution in [0.15, 0.2) is 24.3 Å². The Labute approximate surface area is 142 Å². The summed E-state index contributed by atoms with van der Waals surface area (Å²) >= 11 is 0. The number of hydrogen-bond acceptors (Lipinski definition) is 4. The first-order valence-electron chi connectivity index (χ1n) is 8.04. The molecule has 2 unspecified atom stereocenters. The molecule has 6 heteroatoms. The third-order valence-corrected chi connectivity index (χ3v) is 4.98. The summed E-state index contributed by atoms with van der Waals surface area (Å²) in [6.07, 6.45) is 0.0689. The number of aliphatic carboxylic acids is 1. The van der Waals surface area contributed by atoms with Crippen LogP contribution in [-0.2, 0) is 20.9 Å². The molecule has 2 N–H and O–H groups in total. The zero-order valence-corrected chi connectivity index (χ0v) is 14.6. The van der Waals surface area contributed by atoms with Gasteiger partial charge in [0, 0.05) is 31.1 Å². The number of methoxy groups -OCH3 is 1. The minimum absolute atomic E-state index is 0.192. The molecule has 0 spiro atoms. The number of benzene rings is 1. The van der Waals surface area contributed by atoms with Crippen molar-refractivity contribution in [1.82, 2.24) is 5.32 Å². The summed E-state index contributed by atoms with van der Waals surface area (Å²) in [5.41, 5.74) is -0.649. The predicted molar refractivity (Wildman–Crippen MR) is 88.8 cm³/mol. The van der Waals surface area contributed by atoms with Gasteiger partial charge in [-0.2, -0.15) is 0 Å². The van der Waals surface area contributed by atoms with Gasteiger partial charge in [0.2, 0.25) is 0 Å². The monoisotopic (exact) mass is 335 g/mol. The molecular weight excluding hydrogens is 310 g/mol. The van der Waals surface area contributed by atoms with Crippen LogP contribution in [0.5, 0.6) is 0 Å². The van der Waals surface area contributed by atoms with Crippen molar-refractivity contribution in [2.24, 2.45) is 5.41 Å². The summed E-state index contributed by atoms with van der Waals surface area (Å²) in [4.78, 5) is 24.4. The lowest BCUT2D eigenvalue weighted by molar-refractivity contribution is -0.190. The molecule has 1 aromatic rings. The second-order valence-corrected chi connectivity index (χ2v) is 6.66. The van der Waals surface area contributed by atoms with Crippen molar-refractivity contribution >= 4 is 11.9 Å². The number of nitrogens with one attached hydrogen (secondary N) is 1. The van der Waals surface area contributed by atoms with E-state index < -0.39 is 22.8 Å². The average Bonchev–Trinajstić information content (AvgIpc) is 2.54. The Hall–Kier alpha value is -1.92. The lowest BCUT2D eigenvalue weighted by Crippen LogP contribution is -2.76. The number of carbonyl (C=O) groups excluding carboxylic acids is 1. The second kappa shape index (κ2) is 6.91. The van der Waals surface area contributed by atoms with E-state index >= 15 is 0 Å². The van der Waals surface area contributed by atoms with Crippen LogP contribution in [0.25, 0.3) is 0 Å². The van der Waals surface area contributed by atoms with Gasteiger partial charge in [0.1, 0.15) is 5.54 Å². The third kappa shape index (κ3) is 3.03. The number of ether oxygens (including phenoxy) is 2. The van der Waals surface area contributed by atoms with Crippen molar-refractivity contribution in [3.05, 3.63) is 35.4 Å². The molecule has 0 saturated heterocycles. The van der Waals surface area contributed by atoms with E-state index in [1.807, 2.05) is 20.8 Å². The fraction of sp³-hybridized carbons (Fsp3) is 0.556. The fourth-order valence-corrected chi connectivity index (χ4v) is 3.22. The first kappa shape index (κ1) is 18.4. The van der Waals surface area contributed by atoms with Crippen molar-refractivity contribution in [2.75, 3.05) is 13.7 Å². The minimum atomic E-state index is -1.32. The highest BCUT2D eigenvalue weighted by molar-refractivity contribution is 5.98. The van der Waals surface area contributed by atoms with E-state index in [-0.39, 0.29) is 12.5 Å². The topological polar surface area (TPSA) is 84.9 Å². The molecule has 2 rings (SSSR count). The molecule has 132 valence electrons. The van der Waals surface area contributed by atoms with Crippen LogP contribution in [0.2, 0.25) is 0 Å². The highest BCUT2D eigenvalue weighted by Crippen LogP contribution is 2.51. The van der Waals surface area contributed by atoms with Crippen LogP contribution in [0.4, 0.5) is 0 Å². The van der Waals surface area contributed by atoms with E-state index in [9.17, 15) is 14.7 Å². The van der Waals surface area contributed by atoms with Gasteiger partial charge in [-0.25, -0.2) is 4.79 Å². The fourth-order valence-electron chi connectivity index (χ4n) is 3.22. The Morgan fingerprint density at radius 1 is 1.29 bits per heavy atom. The number of carbonyl (C=O) groups is 2. The molecule has 24 heavy (non-hydrogen) atoms. The van der Waals surface area contributed by atoms with Gasteiger partial charge in [0.25, 0.3) is 5.91 Å². The van der Waals surface area contributed by atoms with Crippen molar-refractivity contribution in [2.45, 2.75) is 45.4 Å². The summed E-state index contributed by atoms with van der Waals surface area (Å²) in [5.74, 6) is -1.43. The van der Waals surface area contributed by atoms with E-state index in [1.165, 1.54) is 0 Å². The molecule has 0 radical (unpaired) electrons. The zero-order valence-electron chi connectivity index (χ0n) is 14.6. The Bertz CT molecular complexity index is 610. The van der Waals surface area contributed by atoms with E-state index in [2.05, 4.69) is 5.32 Å². The molecule has 1 amide bonds. The molecule has 1 aliphatic carbocycles. The van der Waals surface area contributed by atoms with E-state index in [0.717, 1.165) is 5.56 Å². The number of rotatable bonds is 7. The molecule has 2 atom stereocenters. The SMILES string of the molecule is CCOC1CC(NC(=O)c2ccc(COC)cc2)(C(=O)O)C1(C)C. The Kier molecular flexibility index (Phi) is 5.30. The lowest BCUT2D eigenvalue weighted by Gasteiger charge is -2.58. The molecule has 0 aromatic heterocycles. The third-order valence-electron chi connectivity index (χ3n) is 4.98. The number of hydrogen-bond donors (Lipinski definition) is 2. The van der Waals surface area contributed by atoms with Gasteiger partial charge in [-0.3, -0.25) is 4.79 Å². The maximum absolute atomic E-state index is 12.5. The van der Waals surface area contributed by atoms with Gasteiger partial charge in [-0.05, 0) is 24.6 Å². The van der Waals surface area contributed by atoms with Crippen LogP contribution in [0, 0.1) is 5.41 Å². The van der Waals surface area contributed by atoms with E-state index in [0.29, 0.717) is 18.8 Å². The first-order chi connectivity index (χ1) is 11.3. The Balaban J connectivity index is 2.17. The summed E-state index contributed by atoms with van der Waals surface area (Å²) in [6, 6.07) is 6.93. The highest BCUT2D eigenvalue weighted by Gasteiger charge is 2.66. The molecule has 0 bridgehead atoms. The maximum atomic E-state index is 12.5. The van der Waals surface area contributed by atoms with Crippen LogP contribution < -0.4 is 5.32 Å². The molecule has 0 aliphatic heterocycles. The largest absolute Gasteiger partial charge is 0.479 e. The van der Waals surface area contributed by atoms with Crippen LogP contribution in [0.1, 0.15) is 43.1 Å². The maximum Gasteiger partial charge on any atom is 0.330 e. The molecule has 0 heterocycles. The quantitative estimate of drug-likeness (QED) is 0.798. The van der Waals surface area contributed by atoms with Crippen molar-refractivity contribution in [1.29, 1.82) is 0 Å². The predicted octanol–water partition coefficient (Wildman–Crippen LogP) is 2.22. The smallest absolute Gasteiger partial charge is 0.330 e. The number of amides is 1. The molecule has 1 saturated carbocycles. The van der Waals surface area contributed by atoms with Gasteiger partial charge < -0.3 is 19.9 Å². The summed E-state index contributed by atoms with van der Waals surface area (Å²) in [5, 5.41) is 12.5. The standard InChI is InChI=1S/C18H25NO5/c1-5-24-14-10-18(16(21)22,17(14,2)3)19-15(20)13-8-6-12(7-9-13)11-23-4/h6-9,14H,5,10-11H2,1-4H3,(H,19,20)(H,21,22). The van der Waals surface area contributed by atoms with Gasteiger partial charge in [-0.15, -0.1) is 0 Å². The lowest BCUT2D eigenvalue weighted by atomic mass is 9.54. The van der Waals surface area contributed by atoms with Gasteiger partial charge >= 0.3 is 5.97 Å². The van der Waals surface area contributed by atoms with Crippen LogP contribution in [-0.4, -0.2) is 42.3 Å². The summed E-state index contributed by atoms with van der Waals surface area (Å²) in [6.45, 7) is 6.47. The van der Waals surface area contributed by atoms with Crippen LogP contribution >= 0.6 is 0 Å². The van der Waals surface area contributed by atoms with Crippen molar-refractivity contribution in [3.8, 4) is 0 Å². The average molecular weight is 335 g/mol. The van der Waals surface area contributed by atoms with Crippen molar-refractivity contribution < 1.29 is 24.2 Å².